The van der Waals surface area contributed by atoms with Gasteiger partial charge in [0, 0.05) is 12.8 Å². The van der Waals surface area contributed by atoms with Crippen molar-refractivity contribution in [3.63, 3.8) is 0 Å². The summed E-state index contributed by atoms with van der Waals surface area (Å²) >= 11 is 0. The second-order valence-corrected chi connectivity index (χ2v) is 4.59. The summed E-state index contributed by atoms with van der Waals surface area (Å²) in [6.07, 6.45) is 0.742. The zero-order chi connectivity index (χ0) is 15.8. The summed E-state index contributed by atoms with van der Waals surface area (Å²) in [6.45, 7) is 1.75. The second kappa shape index (κ2) is 7.98. The molecule has 3 N–H and O–H groups in total. The fourth-order valence-electron chi connectivity index (χ4n) is 1.64. The number of carboxylic acids is 1. The number of amides is 3. The molecule has 0 unspecified atom stereocenters. The summed E-state index contributed by atoms with van der Waals surface area (Å²) in [5, 5.41) is 12.7. The highest BCUT2D eigenvalue weighted by atomic mass is 19.1. The summed E-state index contributed by atoms with van der Waals surface area (Å²) in [4.78, 5) is 33.2. The lowest BCUT2D eigenvalue weighted by atomic mass is 10.2. The van der Waals surface area contributed by atoms with E-state index in [2.05, 4.69) is 10.6 Å². The number of hydrogen-bond donors (Lipinski definition) is 3. The van der Waals surface area contributed by atoms with Gasteiger partial charge in [0.2, 0.25) is 5.91 Å². The molecular weight excluding hydrogens is 279 g/mol. The monoisotopic (exact) mass is 296 g/mol. The van der Waals surface area contributed by atoms with Gasteiger partial charge in [0.25, 0.3) is 0 Å². The van der Waals surface area contributed by atoms with E-state index in [-0.39, 0.29) is 18.5 Å². The molecule has 0 aliphatic heterocycles. The number of unbranched alkanes of at least 4 members (excludes halogenated alkanes) is 1. The average molecular weight is 296 g/mol. The number of rotatable bonds is 6. The molecule has 7 heteroatoms. The fourth-order valence-corrected chi connectivity index (χ4v) is 1.64. The molecule has 0 heterocycles. The molecule has 114 valence electrons. The number of imide groups is 1. The van der Waals surface area contributed by atoms with E-state index in [9.17, 15) is 18.8 Å². The van der Waals surface area contributed by atoms with Gasteiger partial charge in [0.1, 0.15) is 5.82 Å². The van der Waals surface area contributed by atoms with Crippen molar-refractivity contribution in [2.75, 3.05) is 5.32 Å². The Bertz CT molecular complexity index is 546. The Hall–Kier alpha value is -2.44. The maximum absolute atomic E-state index is 13.4. The highest BCUT2D eigenvalue weighted by Crippen LogP contribution is 2.15. The van der Waals surface area contributed by atoms with E-state index in [1.165, 1.54) is 12.1 Å². The smallest absolute Gasteiger partial charge is 0.325 e. The summed E-state index contributed by atoms with van der Waals surface area (Å²) in [7, 11) is 0. The minimum absolute atomic E-state index is 0.00817. The molecule has 3 amide bonds. The van der Waals surface area contributed by atoms with E-state index in [0.717, 1.165) is 5.56 Å². The van der Waals surface area contributed by atoms with Gasteiger partial charge in [-0.15, -0.1) is 0 Å². The third-order valence-corrected chi connectivity index (χ3v) is 2.67. The molecule has 0 aliphatic carbocycles. The number of anilines is 1. The van der Waals surface area contributed by atoms with Crippen LogP contribution >= 0.6 is 0 Å². The number of benzene rings is 1. The third kappa shape index (κ3) is 6.51. The SMILES string of the molecule is Cc1ccc(F)c(NC(=O)NC(=O)CCCCC(=O)O)c1. The fraction of sp³-hybridized carbons (Fsp3) is 0.357. The van der Waals surface area contributed by atoms with Crippen molar-refractivity contribution in [2.45, 2.75) is 32.6 Å². The molecule has 1 rings (SSSR count). The summed E-state index contributed by atoms with van der Waals surface area (Å²) in [5.41, 5.74) is 0.762. The van der Waals surface area contributed by atoms with Crippen LogP contribution < -0.4 is 10.6 Å². The lowest BCUT2D eigenvalue weighted by molar-refractivity contribution is -0.137. The zero-order valence-electron chi connectivity index (χ0n) is 11.6. The Labute approximate surface area is 121 Å². The highest BCUT2D eigenvalue weighted by Gasteiger charge is 2.10. The van der Waals surface area contributed by atoms with Crippen molar-refractivity contribution in [3.05, 3.63) is 29.6 Å². The number of aliphatic carboxylic acids is 1. The predicted molar refractivity (Wildman–Crippen MR) is 74.4 cm³/mol. The number of nitrogens with one attached hydrogen (secondary N) is 2. The standard InChI is InChI=1S/C14H17FN2O4/c1-9-6-7-10(15)11(8-9)16-14(21)17-12(18)4-2-3-5-13(19)20/h6-8H,2-5H2,1H3,(H,19,20)(H2,16,17,18,21). The molecule has 21 heavy (non-hydrogen) atoms. The van der Waals surface area contributed by atoms with E-state index in [0.29, 0.717) is 12.8 Å². The average Bonchev–Trinajstić information content (AvgIpc) is 2.38. The molecule has 0 aromatic heterocycles. The third-order valence-electron chi connectivity index (χ3n) is 2.67. The van der Waals surface area contributed by atoms with Crippen molar-refractivity contribution in [1.29, 1.82) is 0 Å². The van der Waals surface area contributed by atoms with Gasteiger partial charge in [-0.3, -0.25) is 14.9 Å². The van der Waals surface area contributed by atoms with Gasteiger partial charge in [-0.2, -0.15) is 0 Å². The van der Waals surface area contributed by atoms with Gasteiger partial charge < -0.3 is 10.4 Å². The number of carboxylic acid groups (broad SMARTS) is 1. The molecule has 0 atom stereocenters. The van der Waals surface area contributed by atoms with Crippen molar-refractivity contribution in [2.24, 2.45) is 0 Å². The molecule has 0 radical (unpaired) electrons. The van der Waals surface area contributed by atoms with Gasteiger partial charge in [0.05, 0.1) is 5.69 Å². The molecule has 6 nitrogen and oxygen atoms in total. The number of halogens is 1. The molecular formula is C14H17FN2O4. The van der Waals surface area contributed by atoms with E-state index >= 15 is 0 Å². The van der Waals surface area contributed by atoms with Crippen LogP contribution in [0.5, 0.6) is 0 Å². The number of carbonyl (C=O) groups is 3. The molecule has 0 aliphatic rings. The zero-order valence-corrected chi connectivity index (χ0v) is 11.6. The topological polar surface area (TPSA) is 95.5 Å². The Morgan fingerprint density at radius 3 is 2.52 bits per heavy atom. The highest BCUT2D eigenvalue weighted by molar-refractivity contribution is 6.01. The largest absolute Gasteiger partial charge is 0.481 e. The summed E-state index contributed by atoms with van der Waals surface area (Å²) in [6, 6.07) is 3.42. The van der Waals surface area contributed by atoms with Crippen molar-refractivity contribution in [3.8, 4) is 0 Å². The van der Waals surface area contributed by atoms with Crippen LogP contribution in [0.2, 0.25) is 0 Å². The molecule has 0 saturated heterocycles. The maximum Gasteiger partial charge on any atom is 0.325 e. The van der Waals surface area contributed by atoms with Gasteiger partial charge >= 0.3 is 12.0 Å². The first-order chi connectivity index (χ1) is 9.88. The van der Waals surface area contributed by atoms with Gasteiger partial charge in [-0.1, -0.05) is 6.07 Å². The van der Waals surface area contributed by atoms with Crippen LogP contribution in [0, 0.1) is 12.7 Å². The molecule has 0 spiro atoms. The van der Waals surface area contributed by atoms with Crippen LogP contribution in [0.3, 0.4) is 0 Å². The first kappa shape index (κ1) is 16.6. The first-order valence-electron chi connectivity index (χ1n) is 6.47. The number of urea groups is 1. The van der Waals surface area contributed by atoms with E-state index < -0.39 is 23.7 Å². The number of aryl methyl sites for hydroxylation is 1. The quantitative estimate of drug-likeness (QED) is 0.702. The molecule has 0 saturated carbocycles. The van der Waals surface area contributed by atoms with E-state index in [1.807, 2.05) is 0 Å². The van der Waals surface area contributed by atoms with Crippen LogP contribution in [0.15, 0.2) is 18.2 Å². The normalized spacial score (nSPS) is 10.0. The van der Waals surface area contributed by atoms with E-state index in [4.69, 9.17) is 5.11 Å². The van der Waals surface area contributed by atoms with E-state index in [1.54, 1.807) is 13.0 Å². The molecule has 1 aromatic rings. The van der Waals surface area contributed by atoms with Crippen LogP contribution in [0.25, 0.3) is 0 Å². The van der Waals surface area contributed by atoms with Crippen LogP contribution in [-0.4, -0.2) is 23.0 Å². The Kier molecular flexibility index (Phi) is 6.32. The Morgan fingerprint density at radius 2 is 1.86 bits per heavy atom. The van der Waals surface area contributed by atoms with Crippen LogP contribution in [0.4, 0.5) is 14.9 Å². The van der Waals surface area contributed by atoms with Crippen LogP contribution in [0.1, 0.15) is 31.2 Å². The summed E-state index contributed by atoms with van der Waals surface area (Å²) < 4.78 is 13.4. The van der Waals surface area contributed by atoms with Crippen LogP contribution in [-0.2, 0) is 9.59 Å². The minimum Gasteiger partial charge on any atom is -0.481 e. The maximum atomic E-state index is 13.4. The lowest BCUT2D eigenvalue weighted by Crippen LogP contribution is -2.34. The van der Waals surface area contributed by atoms with Crippen molar-refractivity contribution in [1.82, 2.24) is 5.32 Å². The van der Waals surface area contributed by atoms with Gasteiger partial charge in [-0.25, -0.2) is 9.18 Å². The van der Waals surface area contributed by atoms with Gasteiger partial charge in [0.15, 0.2) is 0 Å². The van der Waals surface area contributed by atoms with Crippen molar-refractivity contribution < 1.29 is 23.9 Å². The number of hydrogen-bond acceptors (Lipinski definition) is 3. The van der Waals surface area contributed by atoms with Gasteiger partial charge in [-0.05, 0) is 37.5 Å². The Balaban J connectivity index is 2.37. The minimum atomic E-state index is -0.928. The molecule has 0 fully saturated rings. The Morgan fingerprint density at radius 1 is 1.19 bits per heavy atom. The number of carbonyl (C=O) groups excluding carboxylic acids is 2. The lowest BCUT2D eigenvalue weighted by Gasteiger charge is -2.08. The summed E-state index contributed by atoms with van der Waals surface area (Å²) in [5.74, 6) is -2.06. The second-order valence-electron chi connectivity index (χ2n) is 4.59. The molecule has 1 aromatic carbocycles. The van der Waals surface area contributed by atoms with Crippen molar-refractivity contribution >= 4 is 23.6 Å². The first-order valence-corrected chi connectivity index (χ1v) is 6.47. The molecule has 0 bridgehead atoms. The predicted octanol–water partition coefficient (Wildman–Crippen LogP) is 2.43.